The van der Waals surface area contributed by atoms with Gasteiger partial charge in [-0.05, 0) is 48.5 Å². The molecule has 1 amide bonds. The standard InChI is InChI=1S/C21H13ClF3N3O/c22-18-8-1-2-9-19(18)27-20(29)14(13-26)11-16-7-4-10-28(16)17-6-3-5-15(12-17)21(23,24)25/h1-12H,(H,27,29)/b14-11+. The van der Waals surface area contributed by atoms with Crippen LogP contribution in [0.2, 0.25) is 5.02 Å². The minimum absolute atomic E-state index is 0.225. The van der Waals surface area contributed by atoms with E-state index in [1.807, 2.05) is 0 Å². The van der Waals surface area contributed by atoms with Crippen LogP contribution in [0.15, 0.2) is 72.4 Å². The van der Waals surface area contributed by atoms with Crippen molar-refractivity contribution in [2.24, 2.45) is 0 Å². The van der Waals surface area contributed by atoms with Crippen molar-refractivity contribution in [3.8, 4) is 11.8 Å². The Kier molecular flexibility index (Phi) is 5.76. The van der Waals surface area contributed by atoms with Gasteiger partial charge in [0.05, 0.1) is 16.3 Å². The van der Waals surface area contributed by atoms with Crippen molar-refractivity contribution in [2.75, 3.05) is 5.32 Å². The molecule has 2 aromatic carbocycles. The number of hydrogen-bond acceptors (Lipinski definition) is 2. The van der Waals surface area contributed by atoms with Crippen molar-refractivity contribution in [1.29, 1.82) is 5.26 Å². The molecule has 0 fully saturated rings. The van der Waals surface area contributed by atoms with E-state index in [0.717, 1.165) is 12.1 Å². The van der Waals surface area contributed by atoms with Crippen molar-refractivity contribution in [2.45, 2.75) is 6.18 Å². The van der Waals surface area contributed by atoms with Crippen LogP contribution in [-0.4, -0.2) is 10.5 Å². The van der Waals surface area contributed by atoms with Gasteiger partial charge >= 0.3 is 6.18 Å². The minimum Gasteiger partial charge on any atom is -0.320 e. The van der Waals surface area contributed by atoms with E-state index in [1.54, 1.807) is 48.7 Å². The number of anilines is 1. The summed E-state index contributed by atoms with van der Waals surface area (Å²) in [5, 5.41) is 12.2. The summed E-state index contributed by atoms with van der Waals surface area (Å²) in [6.07, 6.45) is -1.64. The van der Waals surface area contributed by atoms with Gasteiger partial charge in [-0.3, -0.25) is 4.79 Å². The van der Waals surface area contributed by atoms with Crippen LogP contribution in [0.5, 0.6) is 0 Å². The molecular formula is C21H13ClF3N3O. The number of carbonyl (C=O) groups excluding carboxylic acids is 1. The summed E-state index contributed by atoms with van der Waals surface area (Å²) in [5.41, 5.74) is -0.0592. The van der Waals surface area contributed by atoms with Gasteiger partial charge in [0.15, 0.2) is 0 Å². The summed E-state index contributed by atoms with van der Waals surface area (Å²) in [5.74, 6) is -0.683. The number of benzene rings is 2. The SMILES string of the molecule is N#C/C(=C\c1cccn1-c1cccc(C(F)(F)F)c1)C(=O)Nc1ccccc1Cl. The molecule has 0 bridgehead atoms. The van der Waals surface area contributed by atoms with Crippen molar-refractivity contribution in [1.82, 2.24) is 4.57 Å². The van der Waals surface area contributed by atoms with E-state index < -0.39 is 17.6 Å². The molecule has 0 radical (unpaired) electrons. The lowest BCUT2D eigenvalue weighted by atomic mass is 10.1. The Morgan fingerprint density at radius 1 is 1.10 bits per heavy atom. The third-order valence-corrected chi connectivity index (χ3v) is 4.34. The van der Waals surface area contributed by atoms with E-state index in [1.165, 1.54) is 22.8 Å². The Morgan fingerprint density at radius 3 is 2.55 bits per heavy atom. The number of hydrogen-bond donors (Lipinski definition) is 1. The fourth-order valence-electron chi connectivity index (χ4n) is 2.63. The first-order valence-corrected chi connectivity index (χ1v) is 8.70. The number of nitriles is 1. The van der Waals surface area contributed by atoms with E-state index in [9.17, 15) is 23.2 Å². The van der Waals surface area contributed by atoms with Crippen LogP contribution in [0.4, 0.5) is 18.9 Å². The smallest absolute Gasteiger partial charge is 0.320 e. The minimum atomic E-state index is -4.48. The van der Waals surface area contributed by atoms with Gasteiger partial charge in [-0.15, -0.1) is 0 Å². The Labute approximate surface area is 169 Å². The molecule has 0 aliphatic heterocycles. The lowest BCUT2D eigenvalue weighted by Gasteiger charge is -2.11. The second-order valence-electron chi connectivity index (χ2n) is 5.95. The van der Waals surface area contributed by atoms with Crippen LogP contribution in [0.1, 0.15) is 11.3 Å². The molecule has 8 heteroatoms. The maximum absolute atomic E-state index is 13.0. The van der Waals surface area contributed by atoms with Crippen LogP contribution in [0.3, 0.4) is 0 Å². The van der Waals surface area contributed by atoms with Gasteiger partial charge < -0.3 is 9.88 Å². The molecule has 0 saturated carbocycles. The molecule has 1 aromatic heterocycles. The normalized spacial score (nSPS) is 11.8. The number of alkyl halides is 3. The van der Waals surface area contributed by atoms with Gasteiger partial charge in [0.25, 0.3) is 5.91 Å². The predicted molar refractivity (Wildman–Crippen MR) is 104 cm³/mol. The summed E-state index contributed by atoms with van der Waals surface area (Å²) in [7, 11) is 0. The molecule has 0 unspecified atom stereocenters. The summed E-state index contributed by atoms with van der Waals surface area (Å²) in [6.45, 7) is 0. The number of nitrogens with zero attached hydrogens (tertiary/aromatic N) is 2. The van der Waals surface area contributed by atoms with Crippen molar-refractivity contribution < 1.29 is 18.0 Å². The second kappa shape index (κ2) is 8.25. The van der Waals surface area contributed by atoms with E-state index in [-0.39, 0.29) is 11.3 Å². The summed E-state index contributed by atoms with van der Waals surface area (Å²) in [4.78, 5) is 12.4. The molecular weight excluding hydrogens is 403 g/mol. The summed E-state index contributed by atoms with van der Waals surface area (Å²) in [6, 6.07) is 16.3. The van der Waals surface area contributed by atoms with Crippen LogP contribution < -0.4 is 5.32 Å². The number of halogens is 4. The number of aromatic nitrogens is 1. The average molecular weight is 416 g/mol. The number of para-hydroxylation sites is 1. The molecule has 29 heavy (non-hydrogen) atoms. The zero-order valence-electron chi connectivity index (χ0n) is 14.7. The maximum atomic E-state index is 13.0. The van der Waals surface area contributed by atoms with Gasteiger partial charge in [0.1, 0.15) is 11.6 Å². The third-order valence-electron chi connectivity index (χ3n) is 4.01. The number of nitrogens with one attached hydrogen (secondary N) is 1. The maximum Gasteiger partial charge on any atom is 0.416 e. The summed E-state index contributed by atoms with van der Waals surface area (Å²) >= 11 is 6.00. The zero-order valence-corrected chi connectivity index (χ0v) is 15.5. The molecule has 0 aliphatic rings. The Morgan fingerprint density at radius 2 is 1.86 bits per heavy atom. The highest BCUT2D eigenvalue weighted by Crippen LogP contribution is 2.31. The van der Waals surface area contributed by atoms with Crippen LogP contribution in [-0.2, 0) is 11.0 Å². The van der Waals surface area contributed by atoms with Crippen LogP contribution >= 0.6 is 11.6 Å². The number of amides is 1. The Hall–Kier alpha value is -3.50. The highest BCUT2D eigenvalue weighted by molar-refractivity contribution is 6.34. The third kappa shape index (κ3) is 4.68. The van der Waals surface area contributed by atoms with E-state index in [2.05, 4.69) is 5.32 Å². The van der Waals surface area contributed by atoms with E-state index in [4.69, 9.17) is 11.6 Å². The highest BCUT2D eigenvalue weighted by Gasteiger charge is 2.30. The number of carbonyl (C=O) groups is 1. The fraction of sp³-hybridized carbons (Fsp3) is 0.0476. The zero-order chi connectivity index (χ0) is 21.0. The Balaban J connectivity index is 1.93. The van der Waals surface area contributed by atoms with Crippen molar-refractivity contribution >= 4 is 29.3 Å². The van der Waals surface area contributed by atoms with Crippen LogP contribution in [0.25, 0.3) is 11.8 Å². The topological polar surface area (TPSA) is 57.8 Å². The van der Waals surface area contributed by atoms with Crippen molar-refractivity contribution in [3.63, 3.8) is 0 Å². The van der Waals surface area contributed by atoms with Gasteiger partial charge in [-0.2, -0.15) is 18.4 Å². The predicted octanol–water partition coefficient (Wildman–Crippen LogP) is 5.70. The first kappa shape index (κ1) is 20.2. The molecule has 0 aliphatic carbocycles. The molecule has 1 N–H and O–H groups in total. The average Bonchev–Trinajstić information content (AvgIpc) is 3.15. The fourth-order valence-corrected chi connectivity index (χ4v) is 2.81. The quantitative estimate of drug-likeness (QED) is 0.439. The van der Waals surface area contributed by atoms with Crippen LogP contribution in [0, 0.1) is 11.3 Å². The molecule has 3 rings (SSSR count). The van der Waals surface area contributed by atoms with Gasteiger partial charge in [0.2, 0.25) is 0 Å². The van der Waals surface area contributed by atoms with Gasteiger partial charge in [-0.1, -0.05) is 29.8 Å². The molecule has 146 valence electrons. The van der Waals surface area contributed by atoms with Gasteiger partial charge in [0, 0.05) is 17.6 Å². The monoisotopic (exact) mass is 415 g/mol. The second-order valence-corrected chi connectivity index (χ2v) is 6.36. The van der Waals surface area contributed by atoms with E-state index in [0.29, 0.717) is 16.4 Å². The molecule has 0 spiro atoms. The number of rotatable bonds is 4. The molecule has 1 heterocycles. The lowest BCUT2D eigenvalue weighted by Crippen LogP contribution is -2.14. The first-order valence-electron chi connectivity index (χ1n) is 8.32. The molecule has 4 nitrogen and oxygen atoms in total. The molecule has 0 saturated heterocycles. The molecule has 3 aromatic rings. The first-order chi connectivity index (χ1) is 13.8. The largest absolute Gasteiger partial charge is 0.416 e. The van der Waals surface area contributed by atoms with E-state index >= 15 is 0 Å². The molecule has 0 atom stereocenters. The van der Waals surface area contributed by atoms with Crippen molar-refractivity contribution in [3.05, 3.63) is 88.7 Å². The van der Waals surface area contributed by atoms with Gasteiger partial charge in [-0.25, -0.2) is 0 Å². The highest BCUT2D eigenvalue weighted by atomic mass is 35.5. The lowest BCUT2D eigenvalue weighted by molar-refractivity contribution is -0.137. The Bertz CT molecular complexity index is 1130. The summed E-state index contributed by atoms with van der Waals surface area (Å²) < 4.78 is 40.4.